The highest BCUT2D eigenvalue weighted by atomic mass is 16.5. The van der Waals surface area contributed by atoms with E-state index in [2.05, 4.69) is 17.4 Å². The van der Waals surface area contributed by atoms with Crippen LogP contribution in [0, 0.1) is 0 Å². The van der Waals surface area contributed by atoms with Gasteiger partial charge in [0.2, 0.25) is 0 Å². The highest BCUT2D eigenvalue weighted by molar-refractivity contribution is 5.42. The topological polar surface area (TPSA) is 38.3 Å². The van der Waals surface area contributed by atoms with Crippen molar-refractivity contribution in [3.8, 4) is 0 Å². The summed E-state index contributed by atoms with van der Waals surface area (Å²) in [5.41, 5.74) is 3.48. The van der Waals surface area contributed by atoms with Gasteiger partial charge in [-0.15, -0.1) is 0 Å². The maximum absolute atomic E-state index is 10.8. The minimum atomic E-state index is -0.289. The van der Waals surface area contributed by atoms with E-state index in [0.29, 0.717) is 6.47 Å². The van der Waals surface area contributed by atoms with Crippen LogP contribution in [0.25, 0.3) is 0 Å². The number of nitrogens with one attached hydrogen (secondary N) is 1. The van der Waals surface area contributed by atoms with Crippen LogP contribution >= 0.6 is 0 Å². The molecule has 0 amide bonds. The second kappa shape index (κ2) is 5.24. The van der Waals surface area contributed by atoms with Crippen molar-refractivity contribution in [1.29, 1.82) is 0 Å². The lowest BCUT2D eigenvalue weighted by Gasteiger charge is -2.23. The summed E-state index contributed by atoms with van der Waals surface area (Å²) in [4.78, 5) is 10.8. The fraction of sp³-hybridized carbons (Fsp3) is 0.188. The molecule has 3 rings (SSSR count). The van der Waals surface area contributed by atoms with Crippen LogP contribution in [0.2, 0.25) is 0 Å². The zero-order chi connectivity index (χ0) is 13.1. The third-order valence-corrected chi connectivity index (χ3v) is 3.54. The molecule has 0 bridgehead atoms. The highest BCUT2D eigenvalue weighted by Gasteiger charge is 2.31. The normalized spacial score (nSPS) is 18.6. The molecular formula is C16H15NO2. The van der Waals surface area contributed by atoms with E-state index in [9.17, 15) is 4.79 Å². The number of rotatable bonds is 4. The van der Waals surface area contributed by atoms with Crippen molar-refractivity contribution in [1.82, 2.24) is 5.32 Å². The number of ether oxygens (including phenoxy) is 1. The molecule has 1 heterocycles. The van der Waals surface area contributed by atoms with Crippen LogP contribution in [0.5, 0.6) is 0 Å². The van der Waals surface area contributed by atoms with Crippen molar-refractivity contribution >= 4 is 6.47 Å². The lowest BCUT2D eigenvalue weighted by molar-refractivity contribution is -0.135. The highest BCUT2D eigenvalue weighted by Crippen LogP contribution is 2.37. The Morgan fingerprint density at radius 2 is 1.84 bits per heavy atom. The van der Waals surface area contributed by atoms with E-state index < -0.39 is 0 Å². The Morgan fingerprint density at radius 3 is 2.63 bits per heavy atom. The van der Waals surface area contributed by atoms with Crippen LogP contribution in [-0.2, 0) is 16.1 Å². The molecule has 19 heavy (non-hydrogen) atoms. The molecule has 0 saturated carbocycles. The van der Waals surface area contributed by atoms with Gasteiger partial charge in [-0.25, -0.2) is 0 Å². The summed E-state index contributed by atoms with van der Waals surface area (Å²) in [5.74, 6) is 0. The lowest BCUT2D eigenvalue weighted by Crippen LogP contribution is -2.22. The second-order valence-electron chi connectivity index (χ2n) is 4.62. The van der Waals surface area contributed by atoms with Crippen molar-refractivity contribution in [2.45, 2.75) is 18.7 Å². The van der Waals surface area contributed by atoms with E-state index in [0.717, 1.165) is 12.1 Å². The van der Waals surface area contributed by atoms with Crippen LogP contribution < -0.4 is 5.32 Å². The van der Waals surface area contributed by atoms with E-state index in [1.54, 1.807) is 0 Å². The molecule has 1 aliphatic rings. The number of carbonyl (C=O) groups is 1. The number of hydrogen-bond donors (Lipinski definition) is 1. The minimum absolute atomic E-state index is 0.0174. The van der Waals surface area contributed by atoms with Gasteiger partial charge in [-0.3, -0.25) is 4.79 Å². The van der Waals surface area contributed by atoms with Crippen LogP contribution in [0.4, 0.5) is 0 Å². The molecule has 2 aromatic carbocycles. The van der Waals surface area contributed by atoms with Crippen LogP contribution in [0.15, 0.2) is 54.6 Å². The summed E-state index contributed by atoms with van der Waals surface area (Å²) in [6.07, 6.45) is -0.289. The van der Waals surface area contributed by atoms with Crippen molar-refractivity contribution < 1.29 is 9.53 Å². The van der Waals surface area contributed by atoms with Gasteiger partial charge in [0.1, 0.15) is 6.10 Å². The Balaban J connectivity index is 1.96. The molecule has 3 nitrogen and oxygen atoms in total. The molecular weight excluding hydrogens is 238 g/mol. The number of fused-ring (bicyclic) bond motifs is 1. The summed E-state index contributed by atoms with van der Waals surface area (Å²) < 4.78 is 5.33. The number of hydrogen-bond acceptors (Lipinski definition) is 3. The number of benzene rings is 2. The largest absolute Gasteiger partial charge is 0.458 e. The number of carbonyl (C=O) groups excluding carboxylic acids is 1. The fourth-order valence-corrected chi connectivity index (χ4v) is 2.65. The van der Waals surface area contributed by atoms with Gasteiger partial charge >= 0.3 is 0 Å². The molecule has 2 atom stereocenters. The first-order valence-electron chi connectivity index (χ1n) is 6.35. The zero-order valence-electron chi connectivity index (χ0n) is 10.5. The summed E-state index contributed by atoms with van der Waals surface area (Å²) in [7, 11) is 0. The third-order valence-electron chi connectivity index (χ3n) is 3.54. The van der Waals surface area contributed by atoms with E-state index in [1.807, 2.05) is 42.5 Å². The van der Waals surface area contributed by atoms with Gasteiger partial charge < -0.3 is 10.1 Å². The molecule has 0 aliphatic carbocycles. The first-order chi connectivity index (χ1) is 9.40. The van der Waals surface area contributed by atoms with E-state index in [-0.39, 0.29) is 12.1 Å². The first-order valence-corrected chi connectivity index (χ1v) is 6.35. The molecule has 1 aliphatic heterocycles. The predicted octanol–water partition coefficient (Wildman–Crippen LogP) is 2.75. The summed E-state index contributed by atoms with van der Waals surface area (Å²) >= 11 is 0. The first kappa shape index (κ1) is 11.9. The molecule has 96 valence electrons. The van der Waals surface area contributed by atoms with E-state index in [1.165, 1.54) is 11.1 Å². The van der Waals surface area contributed by atoms with Crippen molar-refractivity contribution in [3.63, 3.8) is 0 Å². The predicted molar refractivity (Wildman–Crippen MR) is 72.4 cm³/mol. The average molecular weight is 253 g/mol. The smallest absolute Gasteiger partial charge is 0.293 e. The SMILES string of the molecule is O=COC(c1ccccc1)C1NCc2ccccc21. The summed E-state index contributed by atoms with van der Waals surface area (Å²) in [6.45, 7) is 1.34. The molecule has 0 radical (unpaired) electrons. The average Bonchev–Trinajstić information content (AvgIpc) is 2.89. The molecule has 1 N–H and O–H groups in total. The minimum Gasteiger partial charge on any atom is -0.458 e. The van der Waals surface area contributed by atoms with Crippen LogP contribution in [0.3, 0.4) is 0 Å². The Kier molecular flexibility index (Phi) is 3.29. The van der Waals surface area contributed by atoms with Crippen molar-refractivity contribution in [2.75, 3.05) is 0 Å². The molecule has 2 unspecified atom stereocenters. The zero-order valence-corrected chi connectivity index (χ0v) is 10.5. The third kappa shape index (κ3) is 2.25. The Labute approximate surface area is 112 Å². The molecule has 2 aromatic rings. The molecule has 0 spiro atoms. The molecule has 3 heteroatoms. The fourth-order valence-electron chi connectivity index (χ4n) is 2.65. The van der Waals surface area contributed by atoms with E-state index in [4.69, 9.17) is 4.74 Å². The molecule has 0 saturated heterocycles. The monoisotopic (exact) mass is 253 g/mol. The van der Waals surface area contributed by atoms with Gasteiger partial charge in [-0.2, -0.15) is 0 Å². The van der Waals surface area contributed by atoms with Gasteiger partial charge in [-0.1, -0.05) is 54.6 Å². The molecule has 0 aromatic heterocycles. The summed E-state index contributed by atoms with van der Waals surface area (Å²) in [6, 6.07) is 18.1. The molecule has 0 fully saturated rings. The quantitative estimate of drug-likeness (QED) is 0.851. The van der Waals surface area contributed by atoms with E-state index >= 15 is 0 Å². The van der Waals surface area contributed by atoms with Crippen molar-refractivity contribution in [2.24, 2.45) is 0 Å². The van der Waals surface area contributed by atoms with Gasteiger partial charge in [0, 0.05) is 6.54 Å². The standard InChI is InChI=1S/C16H15NO2/c18-11-19-16(12-6-2-1-3-7-12)15-14-9-5-4-8-13(14)10-17-15/h1-9,11,15-17H,10H2. The Hall–Kier alpha value is -2.13. The van der Waals surface area contributed by atoms with Crippen LogP contribution in [0.1, 0.15) is 28.8 Å². The maximum atomic E-state index is 10.8. The van der Waals surface area contributed by atoms with Gasteiger partial charge in [0.15, 0.2) is 0 Å². The van der Waals surface area contributed by atoms with Gasteiger partial charge in [0.05, 0.1) is 6.04 Å². The van der Waals surface area contributed by atoms with Crippen molar-refractivity contribution in [3.05, 3.63) is 71.3 Å². The van der Waals surface area contributed by atoms with Gasteiger partial charge in [0.25, 0.3) is 6.47 Å². The Morgan fingerprint density at radius 1 is 1.11 bits per heavy atom. The lowest BCUT2D eigenvalue weighted by atomic mass is 9.96. The summed E-state index contributed by atoms with van der Waals surface area (Å²) in [5, 5.41) is 3.42. The Bertz CT molecular complexity index is 568. The maximum Gasteiger partial charge on any atom is 0.293 e. The second-order valence-corrected chi connectivity index (χ2v) is 4.62. The van der Waals surface area contributed by atoms with Gasteiger partial charge in [-0.05, 0) is 16.7 Å². The van der Waals surface area contributed by atoms with Crippen LogP contribution in [-0.4, -0.2) is 6.47 Å².